The van der Waals surface area contributed by atoms with Crippen molar-refractivity contribution in [3.8, 4) is 0 Å². The molecule has 1 atom stereocenters. The number of hydrogen-bond acceptors (Lipinski definition) is 1. The minimum atomic E-state index is -1.36. The van der Waals surface area contributed by atoms with Crippen LogP contribution >= 0.6 is 15.9 Å². The van der Waals surface area contributed by atoms with E-state index in [0.717, 1.165) is 4.90 Å². The van der Waals surface area contributed by atoms with E-state index in [1.54, 1.807) is 0 Å². The lowest BCUT2D eigenvalue weighted by Crippen LogP contribution is -2.48. The van der Waals surface area contributed by atoms with Gasteiger partial charge in [0.2, 0.25) is 0 Å². The third-order valence-corrected chi connectivity index (χ3v) is 3.04. The van der Waals surface area contributed by atoms with Gasteiger partial charge in [-0.3, -0.25) is 0 Å². The maximum Gasteiger partial charge on any atom is 0.407 e. The Balaban J connectivity index is 2.57. The van der Waals surface area contributed by atoms with Gasteiger partial charge in [0, 0.05) is 11.9 Å². The molecule has 0 saturated carbocycles. The lowest BCUT2D eigenvalue weighted by atomic mass is 9.97. The van der Waals surface area contributed by atoms with Crippen LogP contribution in [-0.2, 0) is 0 Å². The van der Waals surface area contributed by atoms with E-state index in [0.29, 0.717) is 19.4 Å². The minimum absolute atomic E-state index is 0.00637. The van der Waals surface area contributed by atoms with Gasteiger partial charge in [-0.2, -0.15) is 0 Å². The van der Waals surface area contributed by atoms with Gasteiger partial charge in [-0.1, -0.05) is 15.9 Å². The van der Waals surface area contributed by atoms with Crippen molar-refractivity contribution in [2.45, 2.75) is 18.5 Å². The Kier molecular flexibility index (Phi) is 2.93. The molecular weight excluding hydrogens is 229 g/mol. The monoisotopic (exact) mass is 239 g/mol. The van der Waals surface area contributed by atoms with Crippen molar-refractivity contribution in [3.05, 3.63) is 0 Å². The molecule has 0 aliphatic carbocycles. The lowest BCUT2D eigenvalue weighted by Gasteiger charge is -2.34. The highest BCUT2D eigenvalue weighted by Crippen LogP contribution is 2.26. The Morgan fingerprint density at radius 2 is 2.42 bits per heavy atom. The number of likely N-dealkylation sites (tertiary alicyclic amines) is 1. The van der Waals surface area contributed by atoms with Gasteiger partial charge in [0.25, 0.3) is 0 Å². The summed E-state index contributed by atoms with van der Waals surface area (Å²) in [5.41, 5.74) is -1.36. The zero-order chi connectivity index (χ0) is 9.19. The number of nitrogens with zero attached hydrogens (tertiary/aromatic N) is 1. The van der Waals surface area contributed by atoms with Crippen molar-refractivity contribution in [1.82, 2.24) is 4.90 Å². The lowest BCUT2D eigenvalue weighted by molar-refractivity contribution is 0.0614. The van der Waals surface area contributed by atoms with Gasteiger partial charge < -0.3 is 10.0 Å². The van der Waals surface area contributed by atoms with Crippen molar-refractivity contribution >= 4 is 22.0 Å². The number of amides is 1. The van der Waals surface area contributed by atoms with E-state index in [1.165, 1.54) is 0 Å². The van der Waals surface area contributed by atoms with Gasteiger partial charge in [-0.25, -0.2) is 9.18 Å². The molecule has 1 fully saturated rings. The van der Waals surface area contributed by atoms with Crippen LogP contribution in [0.4, 0.5) is 9.18 Å². The van der Waals surface area contributed by atoms with Crippen LogP contribution in [-0.4, -0.2) is 40.2 Å². The summed E-state index contributed by atoms with van der Waals surface area (Å²) < 4.78 is 13.6. The van der Waals surface area contributed by atoms with Crippen LogP contribution < -0.4 is 0 Å². The fraction of sp³-hybridized carbons (Fsp3) is 0.857. The summed E-state index contributed by atoms with van der Waals surface area (Å²) in [7, 11) is 0. The van der Waals surface area contributed by atoms with E-state index in [2.05, 4.69) is 15.9 Å². The molecule has 70 valence electrons. The highest BCUT2D eigenvalue weighted by Gasteiger charge is 2.36. The molecule has 1 aliphatic rings. The Labute approximate surface area is 78.7 Å². The maximum absolute atomic E-state index is 13.6. The van der Waals surface area contributed by atoms with Gasteiger partial charge in [0.15, 0.2) is 0 Å². The molecule has 0 aromatic heterocycles. The maximum atomic E-state index is 13.6. The molecule has 1 aliphatic heterocycles. The minimum Gasteiger partial charge on any atom is -0.465 e. The molecule has 0 aromatic carbocycles. The molecule has 1 N–H and O–H groups in total. The molecular formula is C7H11BrFNO2. The van der Waals surface area contributed by atoms with E-state index in [9.17, 15) is 9.18 Å². The van der Waals surface area contributed by atoms with Gasteiger partial charge in [0.1, 0.15) is 5.67 Å². The predicted octanol–water partition coefficient (Wildman–Crippen LogP) is 1.86. The van der Waals surface area contributed by atoms with Crippen molar-refractivity contribution in [2.24, 2.45) is 0 Å². The molecule has 0 bridgehead atoms. The highest BCUT2D eigenvalue weighted by atomic mass is 79.9. The number of hydrogen-bond donors (Lipinski definition) is 1. The second-order valence-electron chi connectivity index (χ2n) is 3.09. The summed E-state index contributed by atoms with van der Waals surface area (Å²) in [6.45, 7) is 0.446. The second-order valence-corrected chi connectivity index (χ2v) is 3.65. The average molecular weight is 240 g/mol. The molecule has 0 unspecified atom stereocenters. The summed E-state index contributed by atoms with van der Waals surface area (Å²) in [5.74, 6) is 0. The Morgan fingerprint density at radius 3 is 2.92 bits per heavy atom. The first-order chi connectivity index (χ1) is 5.57. The van der Waals surface area contributed by atoms with Crippen LogP contribution in [0.25, 0.3) is 0 Å². The molecule has 1 heterocycles. The van der Waals surface area contributed by atoms with Gasteiger partial charge in [0.05, 0.1) is 6.54 Å². The Morgan fingerprint density at radius 1 is 1.75 bits per heavy atom. The predicted molar refractivity (Wildman–Crippen MR) is 46.5 cm³/mol. The molecule has 5 heteroatoms. The first kappa shape index (κ1) is 9.77. The quantitative estimate of drug-likeness (QED) is 0.710. The largest absolute Gasteiger partial charge is 0.465 e. The third-order valence-electron chi connectivity index (χ3n) is 2.04. The van der Waals surface area contributed by atoms with E-state index >= 15 is 0 Å². The summed E-state index contributed by atoms with van der Waals surface area (Å²) in [6, 6.07) is 0. The summed E-state index contributed by atoms with van der Waals surface area (Å²) in [4.78, 5) is 11.6. The van der Waals surface area contributed by atoms with Crippen LogP contribution in [0.5, 0.6) is 0 Å². The number of halogens is 2. The van der Waals surface area contributed by atoms with Crippen molar-refractivity contribution in [2.75, 3.05) is 18.4 Å². The zero-order valence-corrected chi connectivity index (χ0v) is 8.18. The van der Waals surface area contributed by atoms with E-state index in [4.69, 9.17) is 5.11 Å². The zero-order valence-electron chi connectivity index (χ0n) is 6.59. The summed E-state index contributed by atoms with van der Waals surface area (Å²) in [5, 5.41) is 8.82. The second kappa shape index (κ2) is 3.60. The first-order valence-corrected chi connectivity index (χ1v) is 4.92. The Bertz CT molecular complexity index is 190. The smallest absolute Gasteiger partial charge is 0.407 e. The molecule has 3 nitrogen and oxygen atoms in total. The number of alkyl halides is 2. The standard InChI is InChI=1S/C7H11BrFNO2/c8-4-7(9)2-1-3-10(5-7)6(11)12/h1-5H2,(H,11,12)/t7-/m1/s1. The molecule has 0 spiro atoms. The highest BCUT2D eigenvalue weighted by molar-refractivity contribution is 9.09. The first-order valence-electron chi connectivity index (χ1n) is 3.80. The average Bonchev–Trinajstić information content (AvgIpc) is 2.05. The van der Waals surface area contributed by atoms with E-state index in [-0.39, 0.29) is 11.9 Å². The fourth-order valence-electron chi connectivity index (χ4n) is 1.36. The van der Waals surface area contributed by atoms with Gasteiger partial charge in [-0.05, 0) is 12.8 Å². The molecule has 1 amide bonds. The number of rotatable bonds is 1. The SMILES string of the molecule is O=C(O)N1CCC[C@@](F)(CBr)C1. The normalized spacial score (nSPS) is 30.3. The third kappa shape index (κ3) is 2.09. The van der Waals surface area contributed by atoms with Crippen molar-refractivity contribution in [1.29, 1.82) is 0 Å². The number of piperidine rings is 1. The molecule has 12 heavy (non-hydrogen) atoms. The summed E-state index contributed by atoms with van der Waals surface area (Å²) in [6.07, 6.45) is 0.0221. The van der Waals surface area contributed by atoms with Crippen LogP contribution in [0.15, 0.2) is 0 Å². The van der Waals surface area contributed by atoms with Crippen LogP contribution in [0.1, 0.15) is 12.8 Å². The fourth-order valence-corrected chi connectivity index (χ4v) is 1.82. The molecule has 1 saturated heterocycles. The van der Waals surface area contributed by atoms with Crippen molar-refractivity contribution in [3.63, 3.8) is 0 Å². The molecule has 0 radical (unpaired) electrons. The van der Waals surface area contributed by atoms with Crippen molar-refractivity contribution < 1.29 is 14.3 Å². The molecule has 1 rings (SSSR count). The Hall–Kier alpha value is -0.320. The van der Waals surface area contributed by atoms with E-state index < -0.39 is 11.8 Å². The topological polar surface area (TPSA) is 40.5 Å². The van der Waals surface area contributed by atoms with E-state index in [1.807, 2.05) is 0 Å². The van der Waals surface area contributed by atoms with Crippen LogP contribution in [0.3, 0.4) is 0 Å². The van der Waals surface area contributed by atoms with Crippen LogP contribution in [0, 0.1) is 0 Å². The summed E-state index contributed by atoms with van der Waals surface area (Å²) >= 11 is 3.05. The van der Waals surface area contributed by atoms with Crippen LogP contribution in [0.2, 0.25) is 0 Å². The number of carbonyl (C=O) groups is 1. The number of carboxylic acid groups (broad SMARTS) is 1. The van der Waals surface area contributed by atoms with Gasteiger partial charge >= 0.3 is 6.09 Å². The van der Waals surface area contributed by atoms with Gasteiger partial charge in [-0.15, -0.1) is 0 Å². The molecule has 0 aromatic rings.